The molecule has 6 nitrogen and oxygen atoms in total. The molecule has 0 spiro atoms. The first kappa shape index (κ1) is 18.9. The molecule has 0 bridgehead atoms. The first-order valence-electron chi connectivity index (χ1n) is 8.24. The standard InChI is InChI=1S/C18H26FN5O/c1-12(16-10-21-24(5)13(16)2)22-18(25)20-11-17(23(3)4)14-7-6-8-15(19)9-14/h6-10,12,17H,11H2,1-5H3,(H2,20,22,25)/t12-,17-/m0/s1. The Labute approximate surface area is 148 Å². The molecule has 0 aliphatic carbocycles. The Morgan fingerprint density at radius 2 is 2.12 bits per heavy atom. The molecule has 1 aromatic carbocycles. The van der Waals surface area contributed by atoms with E-state index in [1.165, 1.54) is 12.1 Å². The van der Waals surface area contributed by atoms with Crippen molar-refractivity contribution in [2.24, 2.45) is 7.05 Å². The Hall–Kier alpha value is -2.41. The van der Waals surface area contributed by atoms with Crippen LogP contribution in [0.4, 0.5) is 9.18 Å². The van der Waals surface area contributed by atoms with Crippen LogP contribution in [0.5, 0.6) is 0 Å². The zero-order valence-electron chi connectivity index (χ0n) is 15.4. The first-order chi connectivity index (χ1) is 11.8. The fraction of sp³-hybridized carbons (Fsp3) is 0.444. The predicted octanol–water partition coefficient (Wildman–Crippen LogP) is 2.53. The first-order valence-corrected chi connectivity index (χ1v) is 8.24. The summed E-state index contributed by atoms with van der Waals surface area (Å²) in [6, 6.07) is 5.90. The third-order valence-corrected chi connectivity index (χ3v) is 4.40. The fourth-order valence-corrected chi connectivity index (χ4v) is 2.77. The number of aryl methyl sites for hydroxylation is 1. The summed E-state index contributed by atoms with van der Waals surface area (Å²) in [6.07, 6.45) is 1.76. The predicted molar refractivity (Wildman–Crippen MR) is 95.7 cm³/mol. The second kappa shape index (κ2) is 8.11. The second-order valence-electron chi connectivity index (χ2n) is 6.42. The Morgan fingerprint density at radius 1 is 1.40 bits per heavy atom. The number of urea groups is 1. The molecule has 25 heavy (non-hydrogen) atoms. The molecule has 2 N–H and O–H groups in total. The van der Waals surface area contributed by atoms with E-state index in [4.69, 9.17) is 0 Å². The van der Waals surface area contributed by atoms with Gasteiger partial charge in [-0.2, -0.15) is 5.10 Å². The van der Waals surface area contributed by atoms with Crippen LogP contribution >= 0.6 is 0 Å². The summed E-state index contributed by atoms with van der Waals surface area (Å²) in [5, 5.41) is 9.97. The highest BCUT2D eigenvalue weighted by atomic mass is 19.1. The molecular formula is C18H26FN5O. The number of aromatic nitrogens is 2. The van der Waals surface area contributed by atoms with Crippen molar-refractivity contribution < 1.29 is 9.18 Å². The number of hydrogen-bond acceptors (Lipinski definition) is 3. The van der Waals surface area contributed by atoms with Crippen molar-refractivity contribution in [3.8, 4) is 0 Å². The number of likely N-dealkylation sites (N-methyl/N-ethyl adjacent to an activating group) is 1. The van der Waals surface area contributed by atoms with Crippen LogP contribution in [0.1, 0.15) is 35.8 Å². The van der Waals surface area contributed by atoms with Gasteiger partial charge in [0.25, 0.3) is 0 Å². The van der Waals surface area contributed by atoms with Gasteiger partial charge in [0.2, 0.25) is 0 Å². The van der Waals surface area contributed by atoms with Gasteiger partial charge in [0, 0.05) is 24.8 Å². The number of amides is 2. The van der Waals surface area contributed by atoms with E-state index in [0.29, 0.717) is 6.54 Å². The molecular weight excluding hydrogens is 321 g/mol. The number of nitrogens with one attached hydrogen (secondary N) is 2. The lowest BCUT2D eigenvalue weighted by Crippen LogP contribution is -2.41. The molecule has 0 aliphatic rings. The summed E-state index contributed by atoms with van der Waals surface area (Å²) in [4.78, 5) is 14.2. The van der Waals surface area contributed by atoms with Crippen LogP contribution in [0.3, 0.4) is 0 Å². The van der Waals surface area contributed by atoms with Crippen molar-refractivity contribution in [3.63, 3.8) is 0 Å². The van der Waals surface area contributed by atoms with Crippen LogP contribution in [0.15, 0.2) is 30.5 Å². The Bertz CT molecular complexity index is 728. The molecule has 1 heterocycles. The quantitative estimate of drug-likeness (QED) is 0.844. The van der Waals surface area contributed by atoms with Gasteiger partial charge in [0.05, 0.1) is 18.3 Å². The van der Waals surface area contributed by atoms with E-state index in [2.05, 4.69) is 15.7 Å². The van der Waals surface area contributed by atoms with Crippen molar-refractivity contribution in [3.05, 3.63) is 53.1 Å². The van der Waals surface area contributed by atoms with Gasteiger partial charge in [-0.15, -0.1) is 0 Å². The molecule has 0 aliphatic heterocycles. The zero-order chi connectivity index (χ0) is 18.6. The van der Waals surface area contributed by atoms with Crippen molar-refractivity contribution >= 4 is 6.03 Å². The Balaban J connectivity index is 1.96. The van der Waals surface area contributed by atoms with Crippen molar-refractivity contribution in [2.45, 2.75) is 25.9 Å². The minimum Gasteiger partial charge on any atom is -0.336 e. The molecule has 2 amide bonds. The minimum absolute atomic E-state index is 0.114. The van der Waals surface area contributed by atoms with E-state index in [9.17, 15) is 9.18 Å². The van der Waals surface area contributed by atoms with Crippen LogP contribution in [0, 0.1) is 12.7 Å². The van der Waals surface area contributed by atoms with E-state index in [1.807, 2.05) is 46.0 Å². The van der Waals surface area contributed by atoms with Gasteiger partial charge >= 0.3 is 6.03 Å². The van der Waals surface area contributed by atoms with Crippen LogP contribution in [-0.2, 0) is 7.05 Å². The molecule has 0 saturated carbocycles. The molecule has 7 heteroatoms. The zero-order valence-corrected chi connectivity index (χ0v) is 15.4. The highest BCUT2D eigenvalue weighted by Gasteiger charge is 2.18. The highest BCUT2D eigenvalue weighted by molar-refractivity contribution is 5.74. The summed E-state index contributed by atoms with van der Waals surface area (Å²) >= 11 is 0. The maximum atomic E-state index is 13.5. The molecule has 2 aromatic rings. The van der Waals surface area contributed by atoms with E-state index < -0.39 is 0 Å². The third-order valence-electron chi connectivity index (χ3n) is 4.40. The Kier molecular flexibility index (Phi) is 6.14. The fourth-order valence-electron chi connectivity index (χ4n) is 2.77. The van der Waals surface area contributed by atoms with Crippen LogP contribution < -0.4 is 10.6 Å². The molecule has 136 valence electrons. The SMILES string of the molecule is Cc1c([C@H](C)NC(=O)NC[C@@H](c2cccc(F)c2)N(C)C)cnn1C. The molecule has 0 radical (unpaired) electrons. The molecule has 0 fully saturated rings. The van der Waals surface area contributed by atoms with E-state index in [1.54, 1.807) is 16.9 Å². The number of halogens is 1. The van der Waals surface area contributed by atoms with Gasteiger partial charge in [-0.3, -0.25) is 4.68 Å². The van der Waals surface area contributed by atoms with Gasteiger partial charge in [-0.1, -0.05) is 12.1 Å². The summed E-state index contributed by atoms with van der Waals surface area (Å²) in [5.74, 6) is -0.283. The maximum Gasteiger partial charge on any atom is 0.315 e. The lowest BCUT2D eigenvalue weighted by Gasteiger charge is -2.25. The third kappa shape index (κ3) is 4.79. The van der Waals surface area contributed by atoms with E-state index in [0.717, 1.165) is 16.8 Å². The summed E-state index contributed by atoms with van der Waals surface area (Å²) < 4.78 is 15.2. The molecule has 2 rings (SSSR count). The highest BCUT2D eigenvalue weighted by Crippen LogP contribution is 2.19. The van der Waals surface area contributed by atoms with E-state index in [-0.39, 0.29) is 23.9 Å². The number of hydrogen-bond donors (Lipinski definition) is 2. The van der Waals surface area contributed by atoms with Gasteiger partial charge in [0.15, 0.2) is 0 Å². The van der Waals surface area contributed by atoms with Crippen molar-refractivity contribution in [1.29, 1.82) is 0 Å². The van der Waals surface area contributed by atoms with Gasteiger partial charge in [-0.25, -0.2) is 9.18 Å². The molecule has 1 aromatic heterocycles. The van der Waals surface area contributed by atoms with Crippen LogP contribution in [0.25, 0.3) is 0 Å². The number of carbonyl (C=O) groups is 1. The average molecular weight is 347 g/mol. The normalized spacial score (nSPS) is 13.6. The van der Waals surface area contributed by atoms with Crippen molar-refractivity contribution in [2.75, 3.05) is 20.6 Å². The molecule has 0 unspecified atom stereocenters. The molecule has 0 saturated heterocycles. The largest absolute Gasteiger partial charge is 0.336 e. The second-order valence-corrected chi connectivity index (χ2v) is 6.42. The minimum atomic E-state index is -0.283. The summed E-state index contributed by atoms with van der Waals surface area (Å²) in [7, 11) is 5.67. The average Bonchev–Trinajstić information content (AvgIpc) is 2.87. The number of rotatable bonds is 6. The van der Waals surface area contributed by atoms with Crippen LogP contribution in [0.2, 0.25) is 0 Å². The molecule has 2 atom stereocenters. The smallest absolute Gasteiger partial charge is 0.315 e. The van der Waals surface area contributed by atoms with E-state index >= 15 is 0 Å². The lowest BCUT2D eigenvalue weighted by atomic mass is 10.1. The van der Waals surface area contributed by atoms with Crippen LogP contribution in [-0.4, -0.2) is 41.4 Å². The lowest BCUT2D eigenvalue weighted by molar-refractivity contribution is 0.230. The maximum absolute atomic E-state index is 13.5. The van der Waals surface area contributed by atoms with Gasteiger partial charge < -0.3 is 15.5 Å². The monoisotopic (exact) mass is 347 g/mol. The number of carbonyl (C=O) groups excluding carboxylic acids is 1. The Morgan fingerprint density at radius 3 is 2.68 bits per heavy atom. The van der Waals surface area contributed by atoms with Crippen molar-refractivity contribution in [1.82, 2.24) is 25.3 Å². The number of benzene rings is 1. The van der Waals surface area contributed by atoms with Gasteiger partial charge in [0.1, 0.15) is 5.82 Å². The van der Waals surface area contributed by atoms with Gasteiger partial charge in [-0.05, 0) is 45.6 Å². The number of nitrogens with zero attached hydrogens (tertiary/aromatic N) is 3. The summed E-state index contributed by atoms with van der Waals surface area (Å²) in [5.41, 5.74) is 2.81. The summed E-state index contributed by atoms with van der Waals surface area (Å²) in [6.45, 7) is 4.26. The topological polar surface area (TPSA) is 62.2 Å².